The van der Waals surface area contributed by atoms with E-state index >= 15 is 0 Å². The molecule has 2 aliphatic heterocycles. The van der Waals surface area contributed by atoms with E-state index in [1.54, 1.807) is 16.8 Å². The lowest BCUT2D eigenvalue weighted by atomic mass is 9.77. The second kappa shape index (κ2) is 8.51. The Balaban J connectivity index is 1.21. The van der Waals surface area contributed by atoms with Gasteiger partial charge in [-0.2, -0.15) is 5.10 Å². The summed E-state index contributed by atoms with van der Waals surface area (Å²) in [7, 11) is 0. The molecule has 2 aromatic carbocycles. The molecule has 0 N–H and O–H groups in total. The Kier molecular flexibility index (Phi) is 5.55. The van der Waals surface area contributed by atoms with Crippen LogP contribution in [0.1, 0.15) is 40.9 Å². The zero-order valence-corrected chi connectivity index (χ0v) is 18.5. The highest BCUT2D eigenvalue weighted by molar-refractivity contribution is 5.93. The van der Waals surface area contributed by atoms with Crippen LogP contribution in [0.5, 0.6) is 0 Å². The number of nitrogens with zero attached hydrogens (tertiary/aromatic N) is 4. The third-order valence-electron chi connectivity index (χ3n) is 7.07. The molecule has 0 radical (unpaired) electrons. The Morgan fingerprint density at radius 2 is 1.69 bits per heavy atom. The first-order chi connectivity index (χ1) is 15.5. The maximum Gasteiger partial charge on any atom is 0.274 e. The van der Waals surface area contributed by atoms with Crippen molar-refractivity contribution < 1.29 is 9.18 Å². The first-order valence-electron chi connectivity index (χ1n) is 11.4. The molecule has 0 bridgehead atoms. The average molecular weight is 433 g/mol. The van der Waals surface area contributed by atoms with Gasteiger partial charge in [-0.25, -0.2) is 9.07 Å². The van der Waals surface area contributed by atoms with Gasteiger partial charge in [0, 0.05) is 37.9 Å². The van der Waals surface area contributed by atoms with Crippen molar-refractivity contribution in [2.45, 2.75) is 32.7 Å². The lowest BCUT2D eigenvalue weighted by Crippen LogP contribution is -2.44. The SMILES string of the molecule is Cc1cn(-c2ccc(F)cc2)nc1C(=O)N1CCC2(CCN(Cc3ccccc3)C2)CC1. The fourth-order valence-electron chi connectivity index (χ4n) is 5.14. The molecule has 1 aromatic heterocycles. The van der Waals surface area contributed by atoms with Gasteiger partial charge in [0.05, 0.1) is 5.69 Å². The van der Waals surface area contributed by atoms with Gasteiger partial charge in [0.15, 0.2) is 5.69 Å². The summed E-state index contributed by atoms with van der Waals surface area (Å²) in [5, 5.41) is 4.53. The van der Waals surface area contributed by atoms with Crippen LogP contribution in [0.4, 0.5) is 4.39 Å². The molecule has 0 unspecified atom stereocenters. The summed E-state index contributed by atoms with van der Waals surface area (Å²) in [5.74, 6) is -0.289. The van der Waals surface area contributed by atoms with Crippen molar-refractivity contribution in [2.75, 3.05) is 26.2 Å². The molecule has 5 rings (SSSR count). The summed E-state index contributed by atoms with van der Waals surface area (Å²) in [5.41, 5.74) is 3.77. The zero-order valence-electron chi connectivity index (χ0n) is 18.5. The van der Waals surface area contributed by atoms with Gasteiger partial charge in [0.1, 0.15) is 5.82 Å². The van der Waals surface area contributed by atoms with Gasteiger partial charge in [0.25, 0.3) is 5.91 Å². The number of benzene rings is 2. The third-order valence-corrected chi connectivity index (χ3v) is 7.07. The molecule has 0 saturated carbocycles. The van der Waals surface area contributed by atoms with E-state index in [1.165, 1.54) is 24.1 Å². The van der Waals surface area contributed by atoms with E-state index in [-0.39, 0.29) is 11.7 Å². The van der Waals surface area contributed by atoms with Crippen LogP contribution in [-0.4, -0.2) is 51.7 Å². The Morgan fingerprint density at radius 3 is 2.41 bits per heavy atom. The molecule has 3 aromatic rings. The summed E-state index contributed by atoms with van der Waals surface area (Å²) >= 11 is 0. The topological polar surface area (TPSA) is 41.4 Å². The molecule has 32 heavy (non-hydrogen) atoms. The number of halogens is 1. The number of aromatic nitrogens is 2. The Labute approximate surface area is 188 Å². The molecule has 2 saturated heterocycles. The summed E-state index contributed by atoms with van der Waals surface area (Å²) in [6.45, 7) is 6.71. The molecule has 0 aliphatic carbocycles. The molecule has 3 heterocycles. The highest BCUT2D eigenvalue weighted by atomic mass is 19.1. The molecule has 2 aliphatic rings. The number of aryl methyl sites for hydroxylation is 1. The minimum absolute atomic E-state index is 0.00245. The third kappa shape index (κ3) is 4.19. The second-order valence-corrected chi connectivity index (χ2v) is 9.32. The van der Waals surface area contributed by atoms with Crippen molar-refractivity contribution in [1.82, 2.24) is 19.6 Å². The van der Waals surface area contributed by atoms with Crippen molar-refractivity contribution >= 4 is 5.91 Å². The maximum atomic E-state index is 13.2. The average Bonchev–Trinajstić information content (AvgIpc) is 3.38. The summed E-state index contributed by atoms with van der Waals surface area (Å²) in [6.07, 6.45) is 5.13. The quantitative estimate of drug-likeness (QED) is 0.612. The van der Waals surface area contributed by atoms with E-state index in [0.717, 1.165) is 56.8 Å². The van der Waals surface area contributed by atoms with Crippen molar-refractivity contribution in [1.29, 1.82) is 0 Å². The van der Waals surface area contributed by atoms with E-state index in [0.29, 0.717) is 11.1 Å². The minimum Gasteiger partial charge on any atom is -0.337 e. The first-order valence-corrected chi connectivity index (χ1v) is 11.4. The maximum absolute atomic E-state index is 13.2. The number of hydrogen-bond donors (Lipinski definition) is 0. The van der Waals surface area contributed by atoms with Crippen LogP contribution >= 0.6 is 0 Å². The van der Waals surface area contributed by atoms with Gasteiger partial charge < -0.3 is 4.90 Å². The van der Waals surface area contributed by atoms with E-state index in [9.17, 15) is 9.18 Å². The minimum atomic E-state index is -0.287. The van der Waals surface area contributed by atoms with Gasteiger partial charge >= 0.3 is 0 Å². The zero-order chi connectivity index (χ0) is 22.1. The van der Waals surface area contributed by atoms with Crippen LogP contribution in [0.25, 0.3) is 5.69 Å². The molecule has 5 nitrogen and oxygen atoms in total. The number of amides is 1. The lowest BCUT2D eigenvalue weighted by Gasteiger charge is -2.39. The van der Waals surface area contributed by atoms with Crippen LogP contribution in [0, 0.1) is 18.2 Å². The number of hydrogen-bond acceptors (Lipinski definition) is 3. The first kappa shape index (κ1) is 20.9. The number of rotatable bonds is 4. The monoisotopic (exact) mass is 432 g/mol. The van der Waals surface area contributed by atoms with E-state index in [1.807, 2.05) is 18.0 Å². The summed E-state index contributed by atoms with van der Waals surface area (Å²) in [6, 6.07) is 16.8. The Bertz CT molecular complexity index is 1080. The van der Waals surface area contributed by atoms with Crippen LogP contribution in [0.3, 0.4) is 0 Å². The van der Waals surface area contributed by atoms with Gasteiger partial charge in [-0.05, 0) is 68.0 Å². The fraction of sp³-hybridized carbons (Fsp3) is 0.385. The molecular weight excluding hydrogens is 403 g/mol. The van der Waals surface area contributed by atoms with Gasteiger partial charge in [-0.3, -0.25) is 9.69 Å². The number of carbonyl (C=O) groups is 1. The summed E-state index contributed by atoms with van der Waals surface area (Å²) in [4.78, 5) is 17.7. The molecule has 166 valence electrons. The van der Waals surface area contributed by atoms with Crippen LogP contribution in [-0.2, 0) is 6.54 Å². The normalized spacial score (nSPS) is 18.4. The van der Waals surface area contributed by atoms with Crippen molar-refractivity contribution in [2.24, 2.45) is 5.41 Å². The molecule has 6 heteroatoms. The van der Waals surface area contributed by atoms with Crippen molar-refractivity contribution in [3.8, 4) is 5.69 Å². The smallest absolute Gasteiger partial charge is 0.274 e. The number of likely N-dealkylation sites (tertiary alicyclic amines) is 2. The predicted octanol–water partition coefficient (Wildman–Crippen LogP) is 4.45. The number of carbonyl (C=O) groups excluding carboxylic acids is 1. The van der Waals surface area contributed by atoms with E-state index in [2.05, 4.69) is 40.3 Å². The molecule has 2 fully saturated rings. The molecule has 1 amide bonds. The molecule has 0 atom stereocenters. The van der Waals surface area contributed by atoms with Crippen LogP contribution in [0.2, 0.25) is 0 Å². The standard InChI is InChI=1S/C26H29FN4O/c1-20-17-31(23-9-7-22(27)8-10-23)28-24(20)25(32)30-15-12-26(13-16-30)11-14-29(19-26)18-21-5-3-2-4-6-21/h2-10,17H,11-16,18-19H2,1H3. The lowest BCUT2D eigenvalue weighted by molar-refractivity contribution is 0.0581. The van der Waals surface area contributed by atoms with Gasteiger partial charge in [0.2, 0.25) is 0 Å². The van der Waals surface area contributed by atoms with E-state index in [4.69, 9.17) is 0 Å². The fourth-order valence-corrected chi connectivity index (χ4v) is 5.14. The second-order valence-electron chi connectivity index (χ2n) is 9.32. The van der Waals surface area contributed by atoms with E-state index < -0.39 is 0 Å². The highest BCUT2D eigenvalue weighted by Gasteiger charge is 2.41. The van der Waals surface area contributed by atoms with Crippen LogP contribution in [0.15, 0.2) is 60.8 Å². The van der Waals surface area contributed by atoms with Crippen molar-refractivity contribution in [3.63, 3.8) is 0 Å². The van der Waals surface area contributed by atoms with Gasteiger partial charge in [-0.1, -0.05) is 30.3 Å². The highest BCUT2D eigenvalue weighted by Crippen LogP contribution is 2.41. The van der Waals surface area contributed by atoms with Crippen LogP contribution < -0.4 is 0 Å². The molecular formula is C26H29FN4O. The van der Waals surface area contributed by atoms with Gasteiger partial charge in [-0.15, -0.1) is 0 Å². The largest absolute Gasteiger partial charge is 0.337 e. The Hall–Kier alpha value is -2.99. The Morgan fingerprint density at radius 1 is 1.00 bits per heavy atom. The predicted molar refractivity (Wildman–Crippen MR) is 122 cm³/mol. The summed E-state index contributed by atoms with van der Waals surface area (Å²) < 4.78 is 14.9. The molecule has 1 spiro atoms. The number of piperidine rings is 1. The van der Waals surface area contributed by atoms with Crippen molar-refractivity contribution in [3.05, 3.63) is 83.4 Å².